The molecule has 0 saturated carbocycles. The summed E-state index contributed by atoms with van der Waals surface area (Å²) >= 11 is 1.67. The number of carbonyl (C=O) groups is 1. The van der Waals surface area contributed by atoms with Crippen LogP contribution >= 0.6 is 11.8 Å². The van der Waals surface area contributed by atoms with Crippen molar-refractivity contribution >= 4 is 23.4 Å². The minimum Gasteiger partial charge on any atom is -0.326 e. The largest absolute Gasteiger partial charge is 0.326 e. The fraction of sp³-hybridized carbons (Fsp3) is 0.308. The van der Waals surface area contributed by atoms with Crippen LogP contribution in [0.2, 0.25) is 0 Å². The SMILES string of the molecule is CSC[C@H](C)C(=O)Nc1cccc(-c2ncn[nH]2)c1. The Morgan fingerprint density at radius 2 is 2.37 bits per heavy atom. The van der Waals surface area contributed by atoms with Crippen molar-refractivity contribution in [2.24, 2.45) is 5.92 Å². The molecule has 2 rings (SSSR count). The zero-order valence-corrected chi connectivity index (χ0v) is 11.7. The first-order valence-electron chi connectivity index (χ1n) is 5.96. The van der Waals surface area contributed by atoms with Crippen LogP contribution in [0.5, 0.6) is 0 Å². The van der Waals surface area contributed by atoms with Gasteiger partial charge in [0, 0.05) is 22.9 Å². The van der Waals surface area contributed by atoms with Gasteiger partial charge >= 0.3 is 0 Å². The number of thioether (sulfide) groups is 1. The standard InChI is InChI=1S/C13H16N4OS/c1-9(7-19-2)13(18)16-11-5-3-4-10(6-11)12-14-8-15-17-12/h3-6,8-9H,7H2,1-2H3,(H,16,18)(H,14,15,17)/t9-/m0/s1. The van der Waals surface area contributed by atoms with Gasteiger partial charge in [0.2, 0.25) is 5.91 Å². The van der Waals surface area contributed by atoms with Crippen molar-refractivity contribution in [3.63, 3.8) is 0 Å². The van der Waals surface area contributed by atoms with Crippen molar-refractivity contribution in [3.8, 4) is 11.4 Å². The fourth-order valence-electron chi connectivity index (χ4n) is 1.68. The summed E-state index contributed by atoms with van der Waals surface area (Å²) in [4.78, 5) is 16.0. The summed E-state index contributed by atoms with van der Waals surface area (Å²) in [6.07, 6.45) is 3.45. The maximum absolute atomic E-state index is 11.9. The predicted molar refractivity (Wildman–Crippen MR) is 78.0 cm³/mol. The van der Waals surface area contributed by atoms with Crippen LogP contribution in [0.4, 0.5) is 5.69 Å². The molecule has 0 unspecified atom stereocenters. The number of aromatic amines is 1. The molecule has 19 heavy (non-hydrogen) atoms. The Hall–Kier alpha value is -1.82. The van der Waals surface area contributed by atoms with E-state index in [0.29, 0.717) is 5.82 Å². The average molecular weight is 276 g/mol. The molecule has 1 amide bonds. The first kappa shape index (κ1) is 13.6. The Balaban J connectivity index is 2.09. The zero-order valence-electron chi connectivity index (χ0n) is 10.9. The second-order valence-electron chi connectivity index (χ2n) is 4.26. The molecule has 1 aromatic carbocycles. The Morgan fingerprint density at radius 1 is 1.53 bits per heavy atom. The molecule has 1 heterocycles. The lowest BCUT2D eigenvalue weighted by Gasteiger charge is -2.11. The van der Waals surface area contributed by atoms with E-state index < -0.39 is 0 Å². The Bertz CT molecular complexity index is 541. The molecular formula is C13H16N4OS. The zero-order chi connectivity index (χ0) is 13.7. The van der Waals surface area contributed by atoms with Crippen molar-refractivity contribution in [3.05, 3.63) is 30.6 Å². The van der Waals surface area contributed by atoms with Crippen LogP contribution in [-0.4, -0.2) is 33.1 Å². The molecule has 0 radical (unpaired) electrons. The van der Waals surface area contributed by atoms with Gasteiger partial charge in [-0.25, -0.2) is 4.98 Å². The molecule has 6 heteroatoms. The van der Waals surface area contributed by atoms with Crippen LogP contribution in [0, 0.1) is 5.92 Å². The van der Waals surface area contributed by atoms with Crippen LogP contribution in [0.1, 0.15) is 6.92 Å². The number of benzene rings is 1. The molecule has 1 aromatic heterocycles. The Morgan fingerprint density at radius 3 is 3.05 bits per heavy atom. The molecule has 0 fully saturated rings. The Kier molecular flexibility index (Phi) is 4.57. The highest BCUT2D eigenvalue weighted by atomic mass is 32.2. The number of rotatable bonds is 5. The molecule has 0 bridgehead atoms. The molecule has 0 saturated heterocycles. The molecule has 2 aromatic rings. The number of hydrogen-bond donors (Lipinski definition) is 2. The molecule has 2 N–H and O–H groups in total. The minimum atomic E-state index is -0.0102. The highest BCUT2D eigenvalue weighted by Gasteiger charge is 2.12. The second-order valence-corrected chi connectivity index (χ2v) is 5.17. The molecule has 5 nitrogen and oxygen atoms in total. The van der Waals surface area contributed by atoms with E-state index in [-0.39, 0.29) is 11.8 Å². The number of hydrogen-bond acceptors (Lipinski definition) is 4. The van der Waals surface area contributed by atoms with Gasteiger partial charge in [0.15, 0.2) is 5.82 Å². The smallest absolute Gasteiger partial charge is 0.228 e. The van der Waals surface area contributed by atoms with E-state index in [0.717, 1.165) is 17.0 Å². The summed E-state index contributed by atoms with van der Waals surface area (Å²) in [5.74, 6) is 1.52. The van der Waals surface area contributed by atoms with Gasteiger partial charge in [-0.15, -0.1) is 0 Å². The quantitative estimate of drug-likeness (QED) is 0.879. The molecule has 0 spiro atoms. The Labute approximate surface area is 116 Å². The maximum Gasteiger partial charge on any atom is 0.228 e. The van der Waals surface area contributed by atoms with Crippen molar-refractivity contribution < 1.29 is 4.79 Å². The molecule has 100 valence electrons. The van der Waals surface area contributed by atoms with Crippen molar-refractivity contribution in [2.75, 3.05) is 17.3 Å². The van der Waals surface area contributed by atoms with E-state index in [9.17, 15) is 4.79 Å². The lowest BCUT2D eigenvalue weighted by molar-refractivity contribution is -0.118. The van der Waals surface area contributed by atoms with Gasteiger partial charge in [0.1, 0.15) is 6.33 Å². The third-order valence-electron chi connectivity index (χ3n) is 2.68. The van der Waals surface area contributed by atoms with Gasteiger partial charge in [-0.3, -0.25) is 9.89 Å². The maximum atomic E-state index is 11.9. The van der Waals surface area contributed by atoms with E-state index in [1.54, 1.807) is 11.8 Å². The number of aromatic nitrogens is 3. The van der Waals surface area contributed by atoms with Crippen LogP contribution in [-0.2, 0) is 4.79 Å². The van der Waals surface area contributed by atoms with E-state index in [1.807, 2.05) is 37.4 Å². The number of carbonyl (C=O) groups excluding carboxylic acids is 1. The summed E-state index contributed by atoms with van der Waals surface area (Å²) in [7, 11) is 0. The lowest BCUT2D eigenvalue weighted by atomic mass is 10.1. The normalized spacial score (nSPS) is 12.1. The van der Waals surface area contributed by atoms with E-state index >= 15 is 0 Å². The number of anilines is 1. The monoisotopic (exact) mass is 276 g/mol. The number of amides is 1. The number of H-pyrrole nitrogens is 1. The minimum absolute atomic E-state index is 0.0102. The van der Waals surface area contributed by atoms with Gasteiger partial charge in [-0.2, -0.15) is 16.9 Å². The third kappa shape index (κ3) is 3.57. The second kappa shape index (κ2) is 6.38. The van der Waals surface area contributed by atoms with Crippen molar-refractivity contribution in [1.82, 2.24) is 15.2 Å². The summed E-state index contributed by atoms with van der Waals surface area (Å²) in [5, 5.41) is 9.53. The first-order valence-corrected chi connectivity index (χ1v) is 7.35. The van der Waals surface area contributed by atoms with Gasteiger partial charge in [-0.05, 0) is 18.4 Å². The van der Waals surface area contributed by atoms with Gasteiger partial charge in [-0.1, -0.05) is 19.1 Å². The molecular weight excluding hydrogens is 260 g/mol. The van der Waals surface area contributed by atoms with Gasteiger partial charge < -0.3 is 5.32 Å². The van der Waals surface area contributed by atoms with Crippen molar-refractivity contribution in [1.29, 1.82) is 0 Å². The fourth-order valence-corrected chi connectivity index (χ4v) is 2.33. The first-order chi connectivity index (χ1) is 9.20. The highest BCUT2D eigenvalue weighted by Crippen LogP contribution is 2.19. The van der Waals surface area contributed by atoms with Crippen molar-refractivity contribution in [2.45, 2.75) is 6.92 Å². The number of nitrogens with zero attached hydrogens (tertiary/aromatic N) is 2. The van der Waals surface area contributed by atoms with Crippen LogP contribution in [0.3, 0.4) is 0 Å². The molecule has 0 aliphatic heterocycles. The van der Waals surface area contributed by atoms with Gasteiger partial charge in [0.25, 0.3) is 0 Å². The summed E-state index contributed by atoms with van der Waals surface area (Å²) in [6.45, 7) is 1.92. The summed E-state index contributed by atoms with van der Waals surface area (Å²) < 4.78 is 0. The van der Waals surface area contributed by atoms with Gasteiger partial charge in [0.05, 0.1) is 0 Å². The van der Waals surface area contributed by atoms with Crippen LogP contribution in [0.15, 0.2) is 30.6 Å². The molecule has 0 aliphatic rings. The average Bonchev–Trinajstić information content (AvgIpc) is 2.93. The van der Waals surface area contributed by atoms with Crippen LogP contribution in [0.25, 0.3) is 11.4 Å². The topological polar surface area (TPSA) is 70.7 Å². The summed E-state index contributed by atoms with van der Waals surface area (Å²) in [5.41, 5.74) is 1.67. The molecule has 0 aliphatic carbocycles. The third-order valence-corrected chi connectivity index (χ3v) is 3.52. The highest BCUT2D eigenvalue weighted by molar-refractivity contribution is 7.98. The molecule has 1 atom stereocenters. The lowest BCUT2D eigenvalue weighted by Crippen LogP contribution is -2.22. The van der Waals surface area contributed by atoms with Crippen LogP contribution < -0.4 is 5.32 Å². The number of nitrogens with one attached hydrogen (secondary N) is 2. The van der Waals surface area contributed by atoms with E-state index in [2.05, 4.69) is 20.5 Å². The predicted octanol–water partition coefficient (Wildman–Crippen LogP) is 2.41. The summed E-state index contributed by atoms with van der Waals surface area (Å²) in [6, 6.07) is 7.54. The van der Waals surface area contributed by atoms with E-state index in [1.165, 1.54) is 6.33 Å². The van der Waals surface area contributed by atoms with E-state index in [4.69, 9.17) is 0 Å².